The largest absolute Gasteiger partial charge is 0.493 e. The summed E-state index contributed by atoms with van der Waals surface area (Å²) in [6.07, 6.45) is 0.397. The van der Waals surface area contributed by atoms with Crippen LogP contribution in [0, 0.1) is 0 Å². The Morgan fingerprint density at radius 3 is 2.88 bits per heavy atom. The molecule has 0 aromatic heterocycles. The van der Waals surface area contributed by atoms with Crippen molar-refractivity contribution in [2.45, 2.75) is 12.0 Å². The summed E-state index contributed by atoms with van der Waals surface area (Å²) in [6, 6.07) is 12.0. The fraction of sp³-hybridized carbons (Fsp3) is 0.278. The predicted octanol–water partition coefficient (Wildman–Crippen LogP) is 3.16. The first-order valence-electron chi connectivity index (χ1n) is 7.77. The Morgan fingerprint density at radius 1 is 1.28 bits per heavy atom. The molecular weight excluding hydrogens is 365 g/mol. The first-order chi connectivity index (χ1) is 12.0. The average molecular weight is 382 g/mol. The maximum Gasteiger partial charge on any atom is 0.258 e. The molecule has 1 atom stereocenters. The summed E-state index contributed by atoms with van der Waals surface area (Å²) in [7, 11) is 0. The van der Waals surface area contributed by atoms with Crippen LogP contribution in [0.2, 0.25) is 10.0 Å². The van der Waals surface area contributed by atoms with Gasteiger partial charge in [0.15, 0.2) is 6.61 Å². The highest BCUT2D eigenvalue weighted by molar-refractivity contribution is 6.35. The molecule has 0 unspecified atom stereocenters. The monoisotopic (exact) mass is 381 g/mol. The highest BCUT2D eigenvalue weighted by Crippen LogP contribution is 2.36. The third kappa shape index (κ3) is 4.18. The molecule has 0 bridgehead atoms. The molecule has 0 saturated carbocycles. The Morgan fingerprint density at radius 2 is 2.08 bits per heavy atom. The minimum Gasteiger partial charge on any atom is -0.493 e. The molecular formula is C18H17Cl2NO4. The number of hydrogen-bond donors (Lipinski definition) is 2. The first-order valence-corrected chi connectivity index (χ1v) is 8.53. The van der Waals surface area contributed by atoms with Gasteiger partial charge in [0.2, 0.25) is 0 Å². The number of carbonyl (C=O) groups is 1. The Labute approximate surface area is 155 Å². The van der Waals surface area contributed by atoms with Gasteiger partial charge in [-0.15, -0.1) is 0 Å². The van der Waals surface area contributed by atoms with Crippen LogP contribution < -0.4 is 14.8 Å². The SMILES string of the molecule is O=C(COc1ccc(Cl)cc1Cl)NC[C@@]1(O)CCOc2ccccc21. The number of amides is 1. The summed E-state index contributed by atoms with van der Waals surface area (Å²) in [5.74, 6) is 0.648. The number of para-hydroxylation sites is 1. The van der Waals surface area contributed by atoms with E-state index in [1.165, 1.54) is 6.07 Å². The number of halogens is 2. The third-order valence-electron chi connectivity index (χ3n) is 3.99. The van der Waals surface area contributed by atoms with Gasteiger partial charge in [0.05, 0.1) is 18.2 Å². The van der Waals surface area contributed by atoms with Crippen LogP contribution in [0.4, 0.5) is 0 Å². The lowest BCUT2D eigenvalue weighted by atomic mass is 9.88. The summed E-state index contributed by atoms with van der Waals surface area (Å²) >= 11 is 11.8. The van der Waals surface area contributed by atoms with Gasteiger partial charge in [-0.25, -0.2) is 0 Å². The molecule has 25 heavy (non-hydrogen) atoms. The lowest BCUT2D eigenvalue weighted by Crippen LogP contribution is -2.45. The lowest BCUT2D eigenvalue weighted by molar-refractivity contribution is -0.124. The maximum atomic E-state index is 12.0. The Bertz CT molecular complexity index is 783. The fourth-order valence-electron chi connectivity index (χ4n) is 2.66. The fourth-order valence-corrected chi connectivity index (χ4v) is 3.12. The van der Waals surface area contributed by atoms with Gasteiger partial charge in [0.1, 0.15) is 17.1 Å². The van der Waals surface area contributed by atoms with E-state index >= 15 is 0 Å². The van der Waals surface area contributed by atoms with E-state index in [0.717, 1.165) is 0 Å². The van der Waals surface area contributed by atoms with Crippen LogP contribution in [0.5, 0.6) is 11.5 Å². The zero-order valence-electron chi connectivity index (χ0n) is 13.3. The number of aliphatic hydroxyl groups is 1. The number of hydrogen-bond acceptors (Lipinski definition) is 4. The van der Waals surface area contributed by atoms with Gasteiger partial charge >= 0.3 is 0 Å². The van der Waals surface area contributed by atoms with Gasteiger partial charge in [-0.2, -0.15) is 0 Å². The summed E-state index contributed by atoms with van der Waals surface area (Å²) in [5.41, 5.74) is -0.495. The third-order valence-corrected chi connectivity index (χ3v) is 4.52. The standard InChI is InChI=1S/C18H17Cl2NO4/c19-12-5-6-16(14(20)9-12)25-10-17(22)21-11-18(23)7-8-24-15-4-2-1-3-13(15)18/h1-6,9,23H,7-8,10-11H2,(H,21,22)/t18-/m0/s1. The van der Waals surface area contributed by atoms with Crippen molar-refractivity contribution < 1.29 is 19.4 Å². The van der Waals surface area contributed by atoms with E-state index in [1.807, 2.05) is 12.1 Å². The second kappa shape index (κ2) is 7.52. The Balaban J connectivity index is 1.57. The topological polar surface area (TPSA) is 67.8 Å². The van der Waals surface area contributed by atoms with E-state index in [4.69, 9.17) is 32.7 Å². The molecule has 1 aliphatic heterocycles. The van der Waals surface area contributed by atoms with Gasteiger partial charge in [0.25, 0.3) is 5.91 Å². The number of carbonyl (C=O) groups excluding carboxylic acids is 1. The summed E-state index contributed by atoms with van der Waals surface area (Å²) in [6.45, 7) is 0.250. The van der Waals surface area contributed by atoms with E-state index < -0.39 is 5.60 Å². The van der Waals surface area contributed by atoms with Gasteiger partial charge in [0, 0.05) is 17.0 Å². The molecule has 3 rings (SSSR count). The molecule has 5 nitrogen and oxygen atoms in total. The number of nitrogens with one attached hydrogen (secondary N) is 1. The van der Waals surface area contributed by atoms with E-state index in [-0.39, 0.29) is 19.1 Å². The number of ether oxygens (including phenoxy) is 2. The van der Waals surface area contributed by atoms with Crippen LogP contribution in [-0.4, -0.2) is 30.8 Å². The van der Waals surface area contributed by atoms with Crippen molar-refractivity contribution in [2.24, 2.45) is 0 Å². The van der Waals surface area contributed by atoms with Crippen molar-refractivity contribution in [2.75, 3.05) is 19.8 Å². The molecule has 0 saturated heterocycles. The second-order valence-corrected chi connectivity index (χ2v) is 6.61. The molecule has 2 aromatic carbocycles. The molecule has 1 aliphatic rings. The van der Waals surface area contributed by atoms with Crippen molar-refractivity contribution >= 4 is 29.1 Å². The van der Waals surface area contributed by atoms with Crippen LogP contribution >= 0.6 is 23.2 Å². The summed E-state index contributed by atoms with van der Waals surface area (Å²) in [4.78, 5) is 12.0. The second-order valence-electron chi connectivity index (χ2n) is 5.77. The quantitative estimate of drug-likeness (QED) is 0.834. The molecule has 0 fully saturated rings. The maximum absolute atomic E-state index is 12.0. The average Bonchev–Trinajstić information content (AvgIpc) is 2.60. The van der Waals surface area contributed by atoms with E-state index in [9.17, 15) is 9.90 Å². The van der Waals surface area contributed by atoms with Crippen molar-refractivity contribution in [3.05, 3.63) is 58.1 Å². The van der Waals surface area contributed by atoms with Crippen molar-refractivity contribution in [3.8, 4) is 11.5 Å². The molecule has 0 radical (unpaired) electrons. The highest BCUT2D eigenvalue weighted by atomic mass is 35.5. The summed E-state index contributed by atoms with van der Waals surface area (Å²) < 4.78 is 10.9. The van der Waals surface area contributed by atoms with Crippen LogP contribution in [-0.2, 0) is 10.4 Å². The zero-order valence-corrected chi connectivity index (χ0v) is 14.8. The van der Waals surface area contributed by atoms with E-state index in [2.05, 4.69) is 5.32 Å². The molecule has 0 aliphatic carbocycles. The Hall–Kier alpha value is -1.95. The molecule has 1 amide bonds. The molecule has 0 spiro atoms. The van der Waals surface area contributed by atoms with Gasteiger partial charge in [-0.3, -0.25) is 4.79 Å². The lowest BCUT2D eigenvalue weighted by Gasteiger charge is -2.34. The van der Waals surface area contributed by atoms with Crippen LogP contribution in [0.15, 0.2) is 42.5 Å². The van der Waals surface area contributed by atoms with Gasteiger partial charge in [-0.05, 0) is 24.3 Å². The smallest absolute Gasteiger partial charge is 0.258 e. The molecule has 1 heterocycles. The van der Waals surface area contributed by atoms with Gasteiger partial charge in [-0.1, -0.05) is 41.4 Å². The van der Waals surface area contributed by atoms with Gasteiger partial charge < -0.3 is 19.9 Å². The van der Waals surface area contributed by atoms with E-state index in [1.54, 1.807) is 24.3 Å². The zero-order chi connectivity index (χ0) is 17.9. The van der Waals surface area contributed by atoms with Crippen molar-refractivity contribution in [1.82, 2.24) is 5.32 Å². The molecule has 132 valence electrons. The van der Waals surface area contributed by atoms with Crippen molar-refractivity contribution in [3.63, 3.8) is 0 Å². The summed E-state index contributed by atoms with van der Waals surface area (Å²) in [5, 5.41) is 14.4. The normalized spacial score (nSPS) is 18.8. The first kappa shape index (κ1) is 17.9. The van der Waals surface area contributed by atoms with Crippen molar-refractivity contribution in [1.29, 1.82) is 0 Å². The van der Waals surface area contributed by atoms with E-state index in [0.29, 0.717) is 40.1 Å². The number of fused-ring (bicyclic) bond motifs is 1. The molecule has 2 aromatic rings. The van der Waals surface area contributed by atoms with Crippen LogP contribution in [0.1, 0.15) is 12.0 Å². The van der Waals surface area contributed by atoms with Crippen LogP contribution in [0.25, 0.3) is 0 Å². The minimum absolute atomic E-state index is 0.0733. The Kier molecular flexibility index (Phi) is 5.37. The molecule has 7 heteroatoms. The number of benzene rings is 2. The number of rotatable bonds is 5. The minimum atomic E-state index is -1.16. The predicted molar refractivity (Wildman–Crippen MR) is 95.4 cm³/mol. The highest BCUT2D eigenvalue weighted by Gasteiger charge is 2.35. The molecule has 2 N–H and O–H groups in total. The van der Waals surface area contributed by atoms with Crippen LogP contribution in [0.3, 0.4) is 0 Å².